The third-order valence-electron chi connectivity index (χ3n) is 17.3. The molecule has 22 aliphatic rings. The number of hydrogen-bond donors (Lipinski definition) is 23. The van der Waals surface area contributed by atoms with Gasteiger partial charge in [0.25, 0.3) is 0 Å². The van der Waals surface area contributed by atoms with Crippen molar-refractivity contribution in [1.82, 2.24) is 0 Å². The van der Waals surface area contributed by atoms with E-state index >= 15 is 0 Å². The lowest BCUT2D eigenvalue weighted by atomic mass is 9.95. The average Bonchev–Trinajstić information content (AvgIpc) is 0.789. The lowest BCUT2D eigenvalue weighted by Gasteiger charge is -2.50. The van der Waals surface area contributed by atoms with E-state index in [0.717, 1.165) is 0 Å². The molecule has 14 bridgehead atoms. The number of carbonyl (C=O) groups is 1. The molecule has 532 valence electrons. The van der Waals surface area contributed by atoms with E-state index in [1.165, 1.54) is 0 Å². The monoisotopic (exact) mass is 1350 g/mol. The van der Waals surface area contributed by atoms with Crippen LogP contribution >= 0.6 is 0 Å². The van der Waals surface area contributed by atoms with Gasteiger partial charge in [0, 0.05) is 6.08 Å². The Morgan fingerprint density at radius 3 is 0.793 bits per heavy atom. The standard InChI is InChI=1S/C51H82O41/c1-2-19(59)85-43-35(75)51-84-18(10-76-44-28(68)21(61)20(60)11(3-52)77-44)42(43)92-50-34(74)27(67)40(16(8-57)83-50)90-48-32(72)25(65)38(14(6-55)81-48)88-46-30(70)23(63)36(12(4-53)79-46)86-45-29(69)22(62)37(13(5-54)78-45)87-47-31(71)24(64)39(15(7-56)80-47)89-49-33(73)26(66)41(91-51)17(9-58)82-49/h2,11-18,20-58,60-75H,1,3-10H2/t11-,12-,13-,14-,15-,16-,17-,18-,20+,21-,22-,23-,24-,25-,26-,27-,28-,29-,30-,31-,32-,33-,34-,35-,36-,37-,38-,39-,40-,41-,42-,43-,44+,45-,46-,47-,48-,49-,50-,51-/m1/s1. The van der Waals surface area contributed by atoms with E-state index in [-0.39, 0.29) is 0 Å². The molecule has 0 aliphatic carbocycles. The van der Waals surface area contributed by atoms with Crippen molar-refractivity contribution in [3.05, 3.63) is 12.7 Å². The summed E-state index contributed by atoms with van der Waals surface area (Å²) in [6, 6.07) is 0. The SMILES string of the molecule is C=CC(=O)O[C@@H]1[C@@H](O)[C@H]2O[C@H]3[C@H](O)[C@@H](O)[C@@H](O[C@H]4[C@H](O)[C@@H](O)[C@@H](O[C@H]5[C@H](O)[C@@H](O)[C@@H](O[C@H]6[C@H](O)[C@@H](O)[C@@H](O[C@H]7[C@H](O)[C@@H](O)[C@@H](O[C@H]8[C@H](O)[C@@H](O)[C@@H](O[C@@H]1[C@@H](CO[C@H]1O[C@H](CO)[C@H](O)[C@@H](O)[C@H]1O)O2)O[C@@H]8CO)O[C@@H]7CO)O[C@@H]6CO)O[C@@H]5CO)O[C@@H]4CO)O[C@@H]3CO. The summed E-state index contributed by atoms with van der Waals surface area (Å²) in [4.78, 5) is 13.1. The van der Waals surface area contributed by atoms with Crippen LogP contribution in [0.3, 0.4) is 0 Å². The van der Waals surface area contributed by atoms with Gasteiger partial charge in [0.2, 0.25) is 0 Å². The van der Waals surface area contributed by atoms with Gasteiger partial charge in [-0.1, -0.05) is 6.58 Å². The van der Waals surface area contributed by atoms with Crippen molar-refractivity contribution in [2.24, 2.45) is 0 Å². The van der Waals surface area contributed by atoms with Crippen molar-refractivity contribution in [3.63, 3.8) is 0 Å². The van der Waals surface area contributed by atoms with Gasteiger partial charge in [0.05, 0.1) is 52.9 Å². The van der Waals surface area contributed by atoms with Gasteiger partial charge in [-0.2, -0.15) is 0 Å². The van der Waals surface area contributed by atoms with Crippen molar-refractivity contribution < 1.29 is 203 Å². The molecule has 92 heavy (non-hydrogen) atoms. The fraction of sp³-hybridized carbons (Fsp3) is 0.941. The summed E-state index contributed by atoms with van der Waals surface area (Å²) >= 11 is 0. The molecule has 22 rings (SSSR count). The zero-order valence-corrected chi connectivity index (χ0v) is 48.2. The number of rotatable bonds is 12. The highest BCUT2D eigenvalue weighted by Gasteiger charge is 2.61. The molecule has 40 atom stereocenters. The molecule has 0 aromatic carbocycles. The first-order valence-electron chi connectivity index (χ1n) is 29.2. The van der Waals surface area contributed by atoms with Crippen LogP contribution in [0.25, 0.3) is 0 Å². The fourth-order valence-corrected chi connectivity index (χ4v) is 12.1. The van der Waals surface area contributed by atoms with Crippen LogP contribution in [0.15, 0.2) is 12.7 Å². The predicted molar refractivity (Wildman–Crippen MR) is 275 cm³/mol. The van der Waals surface area contributed by atoms with Gasteiger partial charge in [-0.05, 0) is 0 Å². The highest BCUT2D eigenvalue weighted by molar-refractivity contribution is 5.81. The number of ether oxygens (including phenoxy) is 17. The molecule has 0 aromatic heterocycles. The van der Waals surface area contributed by atoms with Gasteiger partial charge < -0.3 is 198 Å². The summed E-state index contributed by atoms with van der Waals surface area (Å²) in [5.41, 5.74) is 0. The van der Waals surface area contributed by atoms with Gasteiger partial charge in [0.15, 0.2) is 56.4 Å². The topological polar surface area (TPSA) is 639 Å². The first-order chi connectivity index (χ1) is 43.8. The maximum absolute atomic E-state index is 13.1. The van der Waals surface area contributed by atoms with E-state index in [9.17, 15) is 122 Å². The van der Waals surface area contributed by atoms with Crippen LogP contribution in [0, 0.1) is 0 Å². The Kier molecular flexibility index (Phi) is 25.4. The molecule has 41 nitrogen and oxygen atoms in total. The Morgan fingerprint density at radius 2 is 0.533 bits per heavy atom. The van der Waals surface area contributed by atoms with E-state index in [1.54, 1.807) is 0 Å². The second kappa shape index (κ2) is 31.7. The smallest absolute Gasteiger partial charge is 0.330 e. The molecule has 22 fully saturated rings. The lowest BCUT2D eigenvalue weighted by Crippen LogP contribution is -2.69. The number of aliphatic hydroxyl groups excluding tert-OH is 23. The maximum Gasteiger partial charge on any atom is 0.330 e. The molecule has 41 heteroatoms. The summed E-state index contributed by atoms with van der Waals surface area (Å²) < 4.78 is 98.0. The van der Waals surface area contributed by atoms with Crippen LogP contribution < -0.4 is 0 Å². The highest BCUT2D eigenvalue weighted by atomic mass is 16.8. The summed E-state index contributed by atoms with van der Waals surface area (Å²) in [6.07, 6.45) is -83.1. The first-order valence-corrected chi connectivity index (χ1v) is 29.2. The molecular weight excluding hydrogens is 1270 g/mol. The Morgan fingerprint density at radius 1 is 0.283 bits per heavy atom. The van der Waals surface area contributed by atoms with Crippen LogP contribution in [0.4, 0.5) is 0 Å². The van der Waals surface area contributed by atoms with E-state index in [4.69, 9.17) is 80.5 Å². The van der Waals surface area contributed by atoms with Crippen LogP contribution in [-0.2, 0) is 85.3 Å². The summed E-state index contributed by atoms with van der Waals surface area (Å²) in [5.74, 6) is -1.33. The molecule has 0 spiro atoms. The second-order valence-corrected chi connectivity index (χ2v) is 23.1. The minimum atomic E-state index is -2.40. The Labute approximate surface area is 519 Å². The number of hydrogen-bond acceptors (Lipinski definition) is 41. The Bertz CT molecular complexity index is 2300. The largest absolute Gasteiger partial charge is 0.453 e. The van der Waals surface area contributed by atoms with E-state index < -0.39 is 304 Å². The molecule has 22 heterocycles. The number of esters is 1. The van der Waals surface area contributed by atoms with Crippen LogP contribution in [0.5, 0.6) is 0 Å². The van der Waals surface area contributed by atoms with E-state index in [0.29, 0.717) is 6.08 Å². The zero-order valence-electron chi connectivity index (χ0n) is 48.2. The first kappa shape index (κ1) is 73.9. The van der Waals surface area contributed by atoms with Crippen LogP contribution in [0.1, 0.15) is 0 Å². The summed E-state index contributed by atoms with van der Waals surface area (Å²) in [7, 11) is 0. The molecule has 22 aliphatic heterocycles. The normalized spacial score (nSPS) is 53.2. The number of aliphatic hydroxyl groups is 23. The average molecular weight is 1350 g/mol. The highest BCUT2D eigenvalue weighted by Crippen LogP contribution is 2.40. The van der Waals surface area contributed by atoms with Gasteiger partial charge >= 0.3 is 5.97 Å². The summed E-state index contributed by atoms with van der Waals surface area (Å²) in [5, 5.41) is 255. The summed E-state index contributed by atoms with van der Waals surface area (Å²) in [6.45, 7) is -5.38. The molecular formula is C51H82O41. The third kappa shape index (κ3) is 14.8. The van der Waals surface area contributed by atoms with Crippen molar-refractivity contribution in [1.29, 1.82) is 0 Å². The zero-order chi connectivity index (χ0) is 67.1. The maximum atomic E-state index is 13.1. The molecule has 0 unspecified atom stereocenters. The molecule has 0 radical (unpaired) electrons. The van der Waals surface area contributed by atoms with Crippen molar-refractivity contribution in [2.75, 3.05) is 52.9 Å². The van der Waals surface area contributed by atoms with Crippen LogP contribution in [-0.4, -0.2) is 422 Å². The molecule has 22 saturated heterocycles. The fourth-order valence-electron chi connectivity index (χ4n) is 12.1. The molecule has 0 amide bonds. The predicted octanol–water partition coefficient (Wildman–Crippen LogP) is -16.7. The van der Waals surface area contributed by atoms with Crippen molar-refractivity contribution in [2.45, 2.75) is 246 Å². The third-order valence-corrected chi connectivity index (χ3v) is 17.3. The Hall–Kier alpha value is -2.35. The lowest BCUT2D eigenvalue weighted by molar-refractivity contribution is -0.399. The second-order valence-electron chi connectivity index (χ2n) is 23.1. The Balaban J connectivity index is 1.05. The van der Waals surface area contributed by atoms with Gasteiger partial charge in [-0.3, -0.25) is 0 Å². The van der Waals surface area contributed by atoms with Crippen LogP contribution in [0.2, 0.25) is 0 Å². The minimum Gasteiger partial charge on any atom is -0.453 e. The minimum absolute atomic E-state index is 0.594. The number of carbonyl (C=O) groups excluding carboxylic acids is 1. The van der Waals surface area contributed by atoms with Gasteiger partial charge in [-0.15, -0.1) is 0 Å². The molecule has 0 saturated carbocycles. The van der Waals surface area contributed by atoms with Crippen molar-refractivity contribution >= 4 is 5.97 Å². The quantitative estimate of drug-likeness (QED) is 0.0637. The van der Waals surface area contributed by atoms with E-state index in [2.05, 4.69) is 6.58 Å². The van der Waals surface area contributed by atoms with Gasteiger partial charge in [-0.25, -0.2) is 4.79 Å². The van der Waals surface area contributed by atoms with Crippen molar-refractivity contribution in [3.8, 4) is 0 Å². The molecule has 23 N–H and O–H groups in total. The van der Waals surface area contributed by atoms with E-state index in [1.807, 2.05) is 0 Å². The van der Waals surface area contributed by atoms with Gasteiger partial charge in [0.1, 0.15) is 189 Å². The molecule has 0 aromatic rings.